The van der Waals surface area contributed by atoms with Crippen molar-refractivity contribution in [2.24, 2.45) is 0 Å². The number of nitrogens with zero attached hydrogens (tertiary/aromatic N) is 1. The molecule has 1 rings (SSSR count). The van der Waals surface area contributed by atoms with Crippen LogP contribution in [0, 0.1) is 13.8 Å². The molecule has 1 aromatic carbocycles. The number of thioether (sulfide) groups is 1. The summed E-state index contributed by atoms with van der Waals surface area (Å²) in [7, 11) is 0. The van der Waals surface area contributed by atoms with Crippen molar-refractivity contribution >= 4 is 29.7 Å². The second-order valence-electron chi connectivity index (χ2n) is 10.3. The van der Waals surface area contributed by atoms with Crippen molar-refractivity contribution in [3.05, 3.63) is 34.9 Å². The Balaban J connectivity index is 3.45. The second-order valence-corrected chi connectivity index (χ2v) is 11.3. The van der Waals surface area contributed by atoms with E-state index >= 15 is 0 Å². The summed E-state index contributed by atoms with van der Waals surface area (Å²) < 4.78 is 5.44. The summed E-state index contributed by atoms with van der Waals surface area (Å²) in [6.45, 7) is 14.4. The van der Waals surface area contributed by atoms with E-state index in [1.54, 1.807) is 37.4 Å². The molecule has 0 radical (unpaired) electrons. The summed E-state index contributed by atoms with van der Waals surface area (Å²) >= 11 is 1.60. The molecule has 0 aliphatic carbocycles. The number of ether oxygens (including phenoxy) is 1. The number of rotatable bonds is 14. The molecule has 0 saturated heterocycles. The summed E-state index contributed by atoms with van der Waals surface area (Å²) in [5, 5.41) is 5.83. The summed E-state index contributed by atoms with van der Waals surface area (Å²) in [6.07, 6.45) is 5.22. The van der Waals surface area contributed by atoms with Gasteiger partial charge in [0.1, 0.15) is 17.7 Å². The van der Waals surface area contributed by atoms with E-state index in [4.69, 9.17) is 4.74 Å². The molecule has 0 aliphatic heterocycles. The fourth-order valence-electron chi connectivity index (χ4n) is 3.96. The maximum atomic E-state index is 14.0. The SMILES string of the molecule is CCCCNC(=O)C(c1cc(C)cc(C)c1)N(CCCC)C(=O)C(CCSC)NC(=O)OC(C)(C)C. The highest BCUT2D eigenvalue weighted by Gasteiger charge is 2.36. The molecule has 2 atom stereocenters. The molecule has 204 valence electrons. The second kappa shape index (κ2) is 15.8. The van der Waals surface area contributed by atoms with Gasteiger partial charge < -0.3 is 20.3 Å². The van der Waals surface area contributed by atoms with Gasteiger partial charge in [0.25, 0.3) is 0 Å². The highest BCUT2D eigenvalue weighted by atomic mass is 32.2. The zero-order valence-electron chi connectivity index (χ0n) is 23.5. The zero-order chi connectivity index (χ0) is 27.3. The van der Waals surface area contributed by atoms with Crippen molar-refractivity contribution in [2.75, 3.05) is 25.1 Å². The molecule has 0 spiro atoms. The summed E-state index contributed by atoms with van der Waals surface area (Å²) in [6, 6.07) is 4.43. The Hall–Kier alpha value is -2.22. The minimum Gasteiger partial charge on any atom is -0.444 e. The largest absolute Gasteiger partial charge is 0.444 e. The molecule has 36 heavy (non-hydrogen) atoms. The molecule has 8 heteroatoms. The predicted octanol–water partition coefficient (Wildman–Crippen LogP) is 5.54. The lowest BCUT2D eigenvalue weighted by molar-refractivity contribution is -0.142. The Kier molecular flexibility index (Phi) is 14.0. The summed E-state index contributed by atoms with van der Waals surface area (Å²) in [5.74, 6) is 0.224. The molecule has 0 bridgehead atoms. The molecular weight excluding hydrogens is 474 g/mol. The first-order valence-corrected chi connectivity index (χ1v) is 14.5. The van der Waals surface area contributed by atoms with Crippen LogP contribution in [0.1, 0.15) is 89.5 Å². The standard InChI is InChI=1S/C28H47N3O4S/c1-9-11-14-29-25(32)24(22-18-20(3)17-21(4)19-22)31(15-12-10-2)26(33)23(13-16-36-8)30-27(34)35-28(5,6)7/h17-19,23-24H,9-16H2,1-8H3,(H,29,32)(H,30,34). The van der Waals surface area contributed by atoms with E-state index in [2.05, 4.69) is 30.5 Å². The number of carbonyl (C=O) groups excluding carboxylic acids is 3. The predicted molar refractivity (Wildman–Crippen MR) is 149 cm³/mol. The molecule has 0 heterocycles. The van der Waals surface area contributed by atoms with Crippen molar-refractivity contribution in [1.82, 2.24) is 15.5 Å². The molecule has 0 aromatic heterocycles. The van der Waals surface area contributed by atoms with Gasteiger partial charge in [-0.05, 0) is 71.5 Å². The van der Waals surface area contributed by atoms with Gasteiger partial charge in [-0.3, -0.25) is 9.59 Å². The average molecular weight is 522 g/mol. The highest BCUT2D eigenvalue weighted by molar-refractivity contribution is 7.98. The molecule has 3 amide bonds. The van der Waals surface area contributed by atoms with Crippen LogP contribution in [-0.4, -0.2) is 59.5 Å². The summed E-state index contributed by atoms with van der Waals surface area (Å²) in [4.78, 5) is 41.9. The third-order valence-electron chi connectivity index (χ3n) is 5.58. The van der Waals surface area contributed by atoms with Gasteiger partial charge in [0.05, 0.1) is 0 Å². The van der Waals surface area contributed by atoms with Crippen LogP contribution in [0.4, 0.5) is 4.79 Å². The van der Waals surface area contributed by atoms with Crippen molar-refractivity contribution < 1.29 is 19.1 Å². The Morgan fingerprint density at radius 2 is 1.64 bits per heavy atom. The van der Waals surface area contributed by atoms with Crippen LogP contribution in [0.5, 0.6) is 0 Å². The van der Waals surface area contributed by atoms with Crippen LogP contribution < -0.4 is 10.6 Å². The van der Waals surface area contributed by atoms with Gasteiger partial charge in [-0.1, -0.05) is 56.0 Å². The van der Waals surface area contributed by atoms with Gasteiger partial charge in [0.2, 0.25) is 11.8 Å². The Labute approximate surface area is 222 Å². The van der Waals surface area contributed by atoms with Gasteiger partial charge in [0.15, 0.2) is 0 Å². The van der Waals surface area contributed by atoms with Crippen molar-refractivity contribution in [3.63, 3.8) is 0 Å². The number of hydrogen-bond donors (Lipinski definition) is 2. The highest BCUT2D eigenvalue weighted by Crippen LogP contribution is 2.26. The lowest BCUT2D eigenvalue weighted by atomic mass is 9.98. The fourth-order valence-corrected chi connectivity index (χ4v) is 4.44. The van der Waals surface area contributed by atoms with Gasteiger partial charge in [-0.2, -0.15) is 11.8 Å². The minimum atomic E-state index is -0.791. The van der Waals surface area contributed by atoms with Gasteiger partial charge in [0, 0.05) is 13.1 Å². The quantitative estimate of drug-likeness (QED) is 0.314. The van der Waals surface area contributed by atoms with Gasteiger partial charge >= 0.3 is 6.09 Å². The van der Waals surface area contributed by atoms with Crippen LogP contribution >= 0.6 is 11.8 Å². The molecule has 0 saturated carbocycles. The van der Waals surface area contributed by atoms with Crippen molar-refractivity contribution in [3.8, 4) is 0 Å². The first-order valence-electron chi connectivity index (χ1n) is 13.1. The van der Waals surface area contributed by atoms with Crippen LogP contribution in [-0.2, 0) is 14.3 Å². The molecule has 0 aliphatic rings. The molecule has 2 unspecified atom stereocenters. The van der Waals surface area contributed by atoms with Crippen LogP contribution in [0.2, 0.25) is 0 Å². The number of unbranched alkanes of at least 4 members (excludes halogenated alkanes) is 2. The van der Waals surface area contributed by atoms with Crippen molar-refractivity contribution in [2.45, 2.75) is 98.3 Å². The monoisotopic (exact) mass is 521 g/mol. The van der Waals surface area contributed by atoms with E-state index in [-0.39, 0.29) is 11.8 Å². The van der Waals surface area contributed by atoms with Gasteiger partial charge in [-0.15, -0.1) is 0 Å². The smallest absolute Gasteiger partial charge is 0.408 e. The number of alkyl carbamates (subject to hydrolysis) is 1. The number of aryl methyl sites for hydroxylation is 2. The molecule has 2 N–H and O–H groups in total. The average Bonchev–Trinajstić information content (AvgIpc) is 2.77. The number of benzene rings is 1. The van der Waals surface area contributed by atoms with E-state index in [0.717, 1.165) is 42.4 Å². The maximum absolute atomic E-state index is 14.0. The van der Waals surface area contributed by atoms with E-state index in [1.807, 2.05) is 32.2 Å². The number of amides is 3. The lowest BCUT2D eigenvalue weighted by Gasteiger charge is -2.35. The lowest BCUT2D eigenvalue weighted by Crippen LogP contribution is -2.53. The zero-order valence-corrected chi connectivity index (χ0v) is 24.3. The van der Waals surface area contributed by atoms with E-state index < -0.39 is 23.8 Å². The van der Waals surface area contributed by atoms with Crippen LogP contribution in [0.3, 0.4) is 0 Å². The minimum absolute atomic E-state index is 0.196. The van der Waals surface area contributed by atoms with E-state index in [0.29, 0.717) is 25.3 Å². The third kappa shape index (κ3) is 11.2. The molecule has 7 nitrogen and oxygen atoms in total. The topological polar surface area (TPSA) is 87.7 Å². The number of nitrogens with one attached hydrogen (secondary N) is 2. The van der Waals surface area contributed by atoms with E-state index in [1.165, 1.54) is 0 Å². The van der Waals surface area contributed by atoms with Crippen LogP contribution in [0.25, 0.3) is 0 Å². The first kappa shape index (κ1) is 31.8. The van der Waals surface area contributed by atoms with E-state index in [9.17, 15) is 14.4 Å². The summed E-state index contributed by atoms with van der Waals surface area (Å²) in [5.41, 5.74) is 2.17. The maximum Gasteiger partial charge on any atom is 0.408 e. The molecular formula is C28H47N3O4S. The first-order chi connectivity index (χ1) is 16.9. The normalized spacial score (nSPS) is 13.0. The van der Waals surface area contributed by atoms with Crippen LogP contribution in [0.15, 0.2) is 18.2 Å². The Morgan fingerprint density at radius 3 is 2.17 bits per heavy atom. The van der Waals surface area contributed by atoms with Crippen molar-refractivity contribution in [1.29, 1.82) is 0 Å². The number of hydrogen-bond acceptors (Lipinski definition) is 5. The fraction of sp³-hybridized carbons (Fsp3) is 0.679. The molecule has 0 fully saturated rings. The number of carbonyl (C=O) groups is 3. The van der Waals surface area contributed by atoms with Gasteiger partial charge in [-0.25, -0.2) is 4.79 Å². The third-order valence-corrected chi connectivity index (χ3v) is 6.23. The Bertz CT molecular complexity index is 833. The Morgan fingerprint density at radius 1 is 1.03 bits per heavy atom. The molecule has 1 aromatic rings.